The van der Waals surface area contributed by atoms with E-state index in [1.807, 2.05) is 0 Å². The fraction of sp³-hybridized carbons (Fsp3) is 0.214. The van der Waals surface area contributed by atoms with E-state index in [0.717, 1.165) is 4.57 Å². The van der Waals surface area contributed by atoms with Gasteiger partial charge in [0.05, 0.1) is 12.1 Å². The highest BCUT2D eigenvalue weighted by molar-refractivity contribution is 6.30. The van der Waals surface area contributed by atoms with Crippen LogP contribution < -0.4 is 10.3 Å². The first-order valence-electron chi connectivity index (χ1n) is 6.18. The van der Waals surface area contributed by atoms with E-state index in [-0.39, 0.29) is 12.3 Å². The summed E-state index contributed by atoms with van der Waals surface area (Å²) in [5.74, 6) is -0.163. The molecule has 3 nitrogen and oxygen atoms in total. The van der Waals surface area contributed by atoms with Crippen LogP contribution in [0.5, 0.6) is 5.75 Å². The third-order valence-electron chi connectivity index (χ3n) is 2.85. The van der Waals surface area contributed by atoms with Crippen molar-refractivity contribution in [2.45, 2.75) is 19.3 Å². The van der Waals surface area contributed by atoms with Crippen LogP contribution >= 0.6 is 11.6 Å². The van der Waals surface area contributed by atoms with Crippen LogP contribution in [0, 0.1) is 0 Å². The Kier molecular flexibility index (Phi) is 4.93. The molecule has 0 unspecified atom stereocenters. The number of nitrogens with zero attached hydrogens (tertiary/aromatic N) is 1. The third kappa shape index (κ3) is 4.44. The van der Waals surface area contributed by atoms with Crippen molar-refractivity contribution in [3.05, 3.63) is 63.0 Å². The number of hydrogen-bond donors (Lipinski definition) is 0. The minimum atomic E-state index is -4.67. The number of halogens is 6. The highest BCUT2D eigenvalue weighted by Crippen LogP contribution is 2.29. The SMILES string of the molecule is O=c1c(Cl)cc(C(F)(F)F)cn1Cc1cccc(OC(F)F)c1. The summed E-state index contributed by atoms with van der Waals surface area (Å²) in [6.45, 7) is -3.31. The summed E-state index contributed by atoms with van der Waals surface area (Å²) in [5, 5.41) is -0.584. The van der Waals surface area contributed by atoms with E-state index in [9.17, 15) is 26.7 Å². The van der Waals surface area contributed by atoms with Gasteiger partial charge in [0, 0.05) is 6.20 Å². The maximum absolute atomic E-state index is 12.7. The maximum atomic E-state index is 12.7. The largest absolute Gasteiger partial charge is 0.435 e. The predicted octanol–water partition coefficient (Wildman–Crippen LogP) is 4.17. The van der Waals surface area contributed by atoms with Gasteiger partial charge in [-0.15, -0.1) is 0 Å². The molecule has 0 aliphatic heterocycles. The summed E-state index contributed by atoms with van der Waals surface area (Å²) >= 11 is 5.53. The molecule has 0 radical (unpaired) electrons. The number of alkyl halides is 5. The normalized spacial score (nSPS) is 11.8. The summed E-state index contributed by atoms with van der Waals surface area (Å²) in [4.78, 5) is 11.8. The average Bonchev–Trinajstić information content (AvgIpc) is 2.42. The Morgan fingerprint density at radius 3 is 2.52 bits per heavy atom. The third-order valence-corrected chi connectivity index (χ3v) is 3.12. The summed E-state index contributed by atoms with van der Waals surface area (Å²) in [6.07, 6.45) is -4.05. The molecule has 0 atom stereocenters. The maximum Gasteiger partial charge on any atom is 0.417 e. The Bertz CT molecular complexity index is 758. The molecule has 0 bridgehead atoms. The van der Waals surface area contributed by atoms with Gasteiger partial charge in [-0.1, -0.05) is 23.7 Å². The van der Waals surface area contributed by atoms with Crippen molar-refractivity contribution in [2.75, 3.05) is 0 Å². The van der Waals surface area contributed by atoms with Crippen LogP contribution in [0.25, 0.3) is 0 Å². The van der Waals surface area contributed by atoms with E-state index < -0.39 is 28.9 Å². The lowest BCUT2D eigenvalue weighted by atomic mass is 10.2. The van der Waals surface area contributed by atoms with Crippen molar-refractivity contribution in [1.29, 1.82) is 0 Å². The lowest BCUT2D eigenvalue weighted by Gasteiger charge is -2.12. The van der Waals surface area contributed by atoms with Gasteiger partial charge in [-0.3, -0.25) is 4.79 Å². The highest BCUT2D eigenvalue weighted by atomic mass is 35.5. The first-order chi connectivity index (χ1) is 10.7. The van der Waals surface area contributed by atoms with Gasteiger partial charge >= 0.3 is 12.8 Å². The number of benzene rings is 1. The lowest BCUT2D eigenvalue weighted by Crippen LogP contribution is -2.23. The molecule has 1 heterocycles. The second kappa shape index (κ2) is 6.57. The molecule has 0 spiro atoms. The average molecular weight is 354 g/mol. The Hall–Kier alpha value is -2.09. The molecule has 0 aliphatic carbocycles. The molecule has 0 N–H and O–H groups in total. The van der Waals surface area contributed by atoms with Gasteiger partial charge in [0.25, 0.3) is 5.56 Å². The van der Waals surface area contributed by atoms with E-state index >= 15 is 0 Å². The predicted molar refractivity (Wildman–Crippen MR) is 72.9 cm³/mol. The highest BCUT2D eigenvalue weighted by Gasteiger charge is 2.32. The van der Waals surface area contributed by atoms with Crippen molar-refractivity contribution in [1.82, 2.24) is 4.57 Å². The van der Waals surface area contributed by atoms with E-state index in [0.29, 0.717) is 17.8 Å². The molecule has 0 fully saturated rings. The van der Waals surface area contributed by atoms with Gasteiger partial charge in [0.15, 0.2) is 0 Å². The second-order valence-electron chi connectivity index (χ2n) is 4.53. The molecule has 9 heteroatoms. The zero-order chi connectivity index (χ0) is 17.2. The van der Waals surface area contributed by atoms with Crippen LogP contribution in [-0.2, 0) is 12.7 Å². The zero-order valence-electron chi connectivity index (χ0n) is 11.3. The number of pyridine rings is 1. The standard InChI is InChI=1S/C14H9ClF5NO2/c15-11-5-9(14(18,19)20)7-21(12(11)22)6-8-2-1-3-10(4-8)23-13(16)17/h1-5,7,13H,6H2. The van der Waals surface area contributed by atoms with Gasteiger partial charge < -0.3 is 9.30 Å². The van der Waals surface area contributed by atoms with Crippen LogP contribution in [0.15, 0.2) is 41.3 Å². The molecular weight excluding hydrogens is 345 g/mol. The first kappa shape index (κ1) is 17.3. The smallest absolute Gasteiger partial charge is 0.417 e. The van der Waals surface area contributed by atoms with Crippen molar-refractivity contribution in [3.8, 4) is 5.75 Å². The number of hydrogen-bond acceptors (Lipinski definition) is 2. The zero-order valence-corrected chi connectivity index (χ0v) is 12.0. The Morgan fingerprint density at radius 1 is 1.22 bits per heavy atom. The Labute approximate surface area is 131 Å². The van der Waals surface area contributed by atoms with Crippen molar-refractivity contribution < 1.29 is 26.7 Å². The van der Waals surface area contributed by atoms with Crippen LogP contribution in [0.2, 0.25) is 5.02 Å². The summed E-state index contributed by atoms with van der Waals surface area (Å²) in [5.41, 5.74) is -1.59. The van der Waals surface area contributed by atoms with E-state index in [1.54, 1.807) is 0 Å². The number of rotatable bonds is 4. The molecule has 0 saturated heterocycles. The minimum absolute atomic E-state index is 0.163. The second-order valence-corrected chi connectivity index (χ2v) is 4.94. The van der Waals surface area contributed by atoms with Crippen LogP contribution in [-0.4, -0.2) is 11.2 Å². The summed E-state index contributed by atoms with van der Waals surface area (Å²) < 4.78 is 67.5. The minimum Gasteiger partial charge on any atom is -0.435 e. The Balaban J connectivity index is 2.37. The van der Waals surface area contributed by atoms with Gasteiger partial charge in [-0.25, -0.2) is 0 Å². The monoisotopic (exact) mass is 353 g/mol. The van der Waals surface area contributed by atoms with Crippen LogP contribution in [0.4, 0.5) is 22.0 Å². The molecule has 23 heavy (non-hydrogen) atoms. The van der Waals surface area contributed by atoms with E-state index in [2.05, 4.69) is 4.74 Å². The lowest BCUT2D eigenvalue weighted by molar-refractivity contribution is -0.138. The van der Waals surface area contributed by atoms with Crippen molar-refractivity contribution in [3.63, 3.8) is 0 Å². The van der Waals surface area contributed by atoms with Crippen molar-refractivity contribution in [2.24, 2.45) is 0 Å². The quantitative estimate of drug-likeness (QED) is 0.772. The molecule has 0 aliphatic rings. The molecule has 1 aromatic heterocycles. The number of ether oxygens (including phenoxy) is 1. The molecule has 0 amide bonds. The summed E-state index contributed by atoms with van der Waals surface area (Å²) in [7, 11) is 0. The molecule has 2 rings (SSSR count). The molecule has 2 aromatic rings. The molecule has 0 saturated carbocycles. The fourth-order valence-corrected chi connectivity index (χ4v) is 2.11. The van der Waals surface area contributed by atoms with Gasteiger partial charge in [-0.05, 0) is 23.8 Å². The molecule has 1 aromatic carbocycles. The van der Waals surface area contributed by atoms with Crippen LogP contribution in [0.1, 0.15) is 11.1 Å². The van der Waals surface area contributed by atoms with Crippen LogP contribution in [0.3, 0.4) is 0 Å². The van der Waals surface area contributed by atoms with Crippen molar-refractivity contribution >= 4 is 11.6 Å². The number of aromatic nitrogens is 1. The molecule has 124 valence electrons. The first-order valence-corrected chi connectivity index (χ1v) is 6.55. The Morgan fingerprint density at radius 2 is 1.91 bits per heavy atom. The molecular formula is C14H9ClF5NO2. The van der Waals surface area contributed by atoms with Gasteiger partial charge in [-0.2, -0.15) is 22.0 Å². The summed E-state index contributed by atoms with van der Waals surface area (Å²) in [6, 6.07) is 5.84. The van der Waals surface area contributed by atoms with Gasteiger partial charge in [0.1, 0.15) is 10.8 Å². The van der Waals surface area contributed by atoms with E-state index in [4.69, 9.17) is 11.6 Å². The van der Waals surface area contributed by atoms with E-state index in [1.165, 1.54) is 24.3 Å². The fourth-order valence-electron chi connectivity index (χ4n) is 1.89. The topological polar surface area (TPSA) is 31.2 Å². The van der Waals surface area contributed by atoms with Gasteiger partial charge in [0.2, 0.25) is 0 Å².